The summed E-state index contributed by atoms with van der Waals surface area (Å²) in [7, 11) is 0. The van der Waals surface area contributed by atoms with E-state index in [0.29, 0.717) is 11.5 Å². The number of ketones is 1. The minimum Gasteiger partial charge on any atom is -0.299 e. The van der Waals surface area contributed by atoms with Gasteiger partial charge >= 0.3 is 0 Å². The Kier molecular flexibility index (Phi) is 4.10. The van der Waals surface area contributed by atoms with E-state index in [4.69, 9.17) is 0 Å². The number of halogens is 2. The number of Topliss-reactive ketones (excluding diaryl/α,β-unsaturated/α-hetero) is 1. The second kappa shape index (κ2) is 5.59. The molecule has 0 amide bonds. The van der Waals surface area contributed by atoms with Gasteiger partial charge in [0, 0.05) is 18.4 Å². The van der Waals surface area contributed by atoms with Crippen LogP contribution < -0.4 is 0 Å². The summed E-state index contributed by atoms with van der Waals surface area (Å²) in [5.41, 5.74) is 0.441. The van der Waals surface area contributed by atoms with Crippen LogP contribution in [0.3, 0.4) is 0 Å². The summed E-state index contributed by atoms with van der Waals surface area (Å²) in [6, 6.07) is 3.31. The Morgan fingerprint density at radius 2 is 1.67 bits per heavy atom. The van der Waals surface area contributed by atoms with Crippen molar-refractivity contribution >= 4 is 5.78 Å². The van der Waals surface area contributed by atoms with Crippen LogP contribution in [-0.4, -0.2) is 5.78 Å². The molecule has 0 atom stereocenters. The van der Waals surface area contributed by atoms with E-state index < -0.39 is 11.6 Å². The number of hydrogen-bond acceptors (Lipinski definition) is 1. The van der Waals surface area contributed by atoms with Gasteiger partial charge in [-0.3, -0.25) is 4.79 Å². The largest absolute Gasteiger partial charge is 0.299 e. The van der Waals surface area contributed by atoms with Gasteiger partial charge in [0.05, 0.1) is 0 Å². The second-order valence-electron chi connectivity index (χ2n) is 5.38. The quantitative estimate of drug-likeness (QED) is 0.797. The molecule has 1 nitrogen and oxygen atoms in total. The second-order valence-corrected chi connectivity index (χ2v) is 5.38. The maximum absolute atomic E-state index is 13.0. The van der Waals surface area contributed by atoms with Crippen molar-refractivity contribution in [1.82, 2.24) is 0 Å². The van der Waals surface area contributed by atoms with E-state index in [0.717, 1.165) is 31.7 Å². The van der Waals surface area contributed by atoms with Crippen LogP contribution >= 0.6 is 0 Å². The molecular weight excluding hydrogens is 234 g/mol. The average molecular weight is 252 g/mol. The van der Waals surface area contributed by atoms with Crippen LogP contribution in [0.5, 0.6) is 0 Å². The number of benzene rings is 1. The Labute approximate surface area is 106 Å². The molecule has 0 unspecified atom stereocenters. The third-order valence-corrected chi connectivity index (χ3v) is 3.77. The van der Waals surface area contributed by atoms with E-state index in [-0.39, 0.29) is 18.1 Å². The zero-order chi connectivity index (χ0) is 13.1. The van der Waals surface area contributed by atoms with Crippen molar-refractivity contribution in [2.75, 3.05) is 0 Å². The molecule has 2 rings (SSSR count). The summed E-state index contributed by atoms with van der Waals surface area (Å²) >= 11 is 0. The van der Waals surface area contributed by atoms with Crippen LogP contribution in [0.25, 0.3) is 0 Å². The number of carbonyl (C=O) groups excluding carboxylic acids is 1. The molecule has 0 saturated heterocycles. The van der Waals surface area contributed by atoms with Crippen molar-refractivity contribution in [3.63, 3.8) is 0 Å². The van der Waals surface area contributed by atoms with E-state index in [9.17, 15) is 13.6 Å². The smallest absolute Gasteiger partial charge is 0.140 e. The lowest BCUT2D eigenvalue weighted by atomic mass is 9.80. The first-order chi connectivity index (χ1) is 8.54. The molecule has 0 aromatic heterocycles. The van der Waals surface area contributed by atoms with Crippen molar-refractivity contribution in [2.24, 2.45) is 11.8 Å². The first kappa shape index (κ1) is 13.2. The first-order valence-corrected chi connectivity index (χ1v) is 6.52. The third-order valence-electron chi connectivity index (χ3n) is 3.77. The molecule has 0 N–H and O–H groups in total. The maximum atomic E-state index is 13.0. The Bertz CT molecular complexity index is 414. The van der Waals surface area contributed by atoms with E-state index in [2.05, 4.69) is 6.92 Å². The van der Waals surface area contributed by atoms with Crippen LogP contribution in [-0.2, 0) is 11.2 Å². The molecule has 1 aliphatic carbocycles. The molecule has 0 aliphatic heterocycles. The molecule has 1 aliphatic rings. The molecule has 1 aromatic rings. The van der Waals surface area contributed by atoms with Gasteiger partial charge < -0.3 is 0 Å². The van der Waals surface area contributed by atoms with Crippen LogP contribution in [0.2, 0.25) is 0 Å². The highest BCUT2D eigenvalue weighted by atomic mass is 19.1. The lowest BCUT2D eigenvalue weighted by Crippen LogP contribution is -2.22. The minimum absolute atomic E-state index is 0.0764. The van der Waals surface area contributed by atoms with Gasteiger partial charge in [-0.25, -0.2) is 8.78 Å². The highest BCUT2D eigenvalue weighted by Gasteiger charge is 2.24. The van der Waals surface area contributed by atoms with Gasteiger partial charge in [0.2, 0.25) is 0 Å². The molecule has 0 bridgehead atoms. The van der Waals surface area contributed by atoms with Crippen molar-refractivity contribution < 1.29 is 13.6 Å². The van der Waals surface area contributed by atoms with Gasteiger partial charge in [-0.05, 0) is 36.5 Å². The summed E-state index contributed by atoms with van der Waals surface area (Å²) in [6.45, 7) is 2.20. The van der Waals surface area contributed by atoms with Crippen molar-refractivity contribution in [1.29, 1.82) is 0 Å². The van der Waals surface area contributed by atoms with Crippen LogP contribution in [0.1, 0.15) is 38.2 Å². The van der Waals surface area contributed by atoms with E-state index in [1.54, 1.807) is 0 Å². The lowest BCUT2D eigenvalue weighted by molar-refractivity contribution is -0.123. The predicted molar refractivity (Wildman–Crippen MR) is 66.2 cm³/mol. The molecule has 1 aromatic carbocycles. The zero-order valence-electron chi connectivity index (χ0n) is 10.6. The molecule has 0 spiro atoms. The number of hydrogen-bond donors (Lipinski definition) is 0. The molecular formula is C15H18F2O. The Hall–Kier alpha value is -1.25. The first-order valence-electron chi connectivity index (χ1n) is 6.52. The molecule has 0 radical (unpaired) electrons. The van der Waals surface area contributed by atoms with Gasteiger partial charge in [-0.2, -0.15) is 0 Å². The fraction of sp³-hybridized carbons (Fsp3) is 0.533. The highest BCUT2D eigenvalue weighted by molar-refractivity contribution is 5.83. The molecule has 98 valence electrons. The standard InChI is InChI=1S/C15H18F2O/c1-10-2-4-12(5-3-10)15(18)8-11-6-13(16)9-14(17)7-11/h6-7,9-10,12H,2-5,8H2,1H3. The summed E-state index contributed by atoms with van der Waals surface area (Å²) in [5, 5.41) is 0. The Morgan fingerprint density at radius 1 is 1.11 bits per heavy atom. The van der Waals surface area contributed by atoms with Crippen LogP contribution in [0.4, 0.5) is 8.78 Å². The van der Waals surface area contributed by atoms with E-state index >= 15 is 0 Å². The summed E-state index contributed by atoms with van der Waals surface area (Å²) in [6.07, 6.45) is 4.13. The predicted octanol–water partition coefficient (Wildman–Crippen LogP) is 3.90. The van der Waals surface area contributed by atoms with Crippen molar-refractivity contribution in [3.8, 4) is 0 Å². The molecule has 0 heterocycles. The van der Waals surface area contributed by atoms with Crippen LogP contribution in [0, 0.1) is 23.5 Å². The summed E-state index contributed by atoms with van der Waals surface area (Å²) < 4.78 is 26.0. The molecule has 1 saturated carbocycles. The van der Waals surface area contributed by atoms with Crippen LogP contribution in [0.15, 0.2) is 18.2 Å². The summed E-state index contributed by atoms with van der Waals surface area (Å²) in [5.74, 6) is -0.342. The van der Waals surface area contributed by atoms with Crippen molar-refractivity contribution in [3.05, 3.63) is 35.4 Å². The fourth-order valence-corrected chi connectivity index (χ4v) is 2.64. The van der Waals surface area contributed by atoms with Gasteiger partial charge in [0.1, 0.15) is 17.4 Å². The van der Waals surface area contributed by atoms with Gasteiger partial charge in [-0.1, -0.05) is 19.8 Å². The average Bonchev–Trinajstić information content (AvgIpc) is 2.28. The maximum Gasteiger partial charge on any atom is 0.140 e. The lowest BCUT2D eigenvalue weighted by Gasteiger charge is -2.25. The summed E-state index contributed by atoms with van der Waals surface area (Å²) in [4.78, 5) is 12.1. The SMILES string of the molecule is CC1CCC(C(=O)Cc2cc(F)cc(F)c2)CC1. The Morgan fingerprint density at radius 3 is 2.22 bits per heavy atom. The van der Waals surface area contributed by atoms with Crippen molar-refractivity contribution in [2.45, 2.75) is 39.0 Å². The zero-order valence-corrected chi connectivity index (χ0v) is 10.6. The number of carbonyl (C=O) groups is 1. The van der Waals surface area contributed by atoms with Gasteiger partial charge in [0.15, 0.2) is 0 Å². The minimum atomic E-state index is -0.616. The third kappa shape index (κ3) is 3.37. The van der Waals surface area contributed by atoms with E-state index in [1.165, 1.54) is 12.1 Å². The number of rotatable bonds is 3. The topological polar surface area (TPSA) is 17.1 Å². The van der Waals surface area contributed by atoms with E-state index in [1.807, 2.05) is 0 Å². The molecule has 3 heteroatoms. The molecule has 18 heavy (non-hydrogen) atoms. The van der Waals surface area contributed by atoms with Gasteiger partial charge in [-0.15, -0.1) is 0 Å². The van der Waals surface area contributed by atoms with Gasteiger partial charge in [0.25, 0.3) is 0 Å². The Balaban J connectivity index is 1.98. The normalized spacial score (nSPS) is 23.9. The highest BCUT2D eigenvalue weighted by Crippen LogP contribution is 2.29. The fourth-order valence-electron chi connectivity index (χ4n) is 2.64. The monoisotopic (exact) mass is 252 g/mol. The molecule has 1 fully saturated rings.